The molecule has 0 aliphatic carbocycles. The van der Waals surface area contributed by atoms with Crippen molar-refractivity contribution in [3.8, 4) is 11.4 Å². The van der Waals surface area contributed by atoms with Gasteiger partial charge in [0.15, 0.2) is 0 Å². The fraction of sp³-hybridized carbons (Fsp3) is 0.118. The maximum absolute atomic E-state index is 12.8. The molecule has 0 aliphatic heterocycles. The van der Waals surface area contributed by atoms with Gasteiger partial charge in [-0.15, -0.1) is 0 Å². The van der Waals surface area contributed by atoms with Gasteiger partial charge < -0.3 is 9.84 Å². The van der Waals surface area contributed by atoms with Crippen molar-refractivity contribution in [3.05, 3.63) is 64.2 Å². The maximum atomic E-state index is 12.8. The number of rotatable bonds is 3. The monoisotopic (exact) mass is 310 g/mol. The Balaban J connectivity index is 2.28. The summed E-state index contributed by atoms with van der Waals surface area (Å²) in [5.74, 6) is -0.486. The van der Waals surface area contributed by atoms with E-state index in [1.54, 1.807) is 24.3 Å². The minimum absolute atomic E-state index is 0.114. The first-order valence-electron chi connectivity index (χ1n) is 6.91. The van der Waals surface area contributed by atoms with Crippen molar-refractivity contribution < 1.29 is 14.6 Å². The SMILES string of the molecule is COc1ccc2ncn(-c3cc(C(=O)O)ccc3C)c(=O)c2c1. The van der Waals surface area contributed by atoms with Gasteiger partial charge in [0, 0.05) is 0 Å². The van der Waals surface area contributed by atoms with Crippen LogP contribution in [0.3, 0.4) is 0 Å². The van der Waals surface area contributed by atoms with Crippen molar-refractivity contribution >= 4 is 16.9 Å². The van der Waals surface area contributed by atoms with E-state index in [0.29, 0.717) is 22.3 Å². The van der Waals surface area contributed by atoms with Crippen LogP contribution in [0.2, 0.25) is 0 Å². The number of hydrogen-bond acceptors (Lipinski definition) is 4. The molecule has 6 nitrogen and oxygen atoms in total. The Morgan fingerprint density at radius 2 is 2.00 bits per heavy atom. The minimum atomic E-state index is -1.05. The smallest absolute Gasteiger partial charge is 0.335 e. The van der Waals surface area contributed by atoms with Crippen molar-refractivity contribution in [2.75, 3.05) is 7.11 Å². The molecule has 0 aliphatic rings. The Morgan fingerprint density at radius 3 is 2.70 bits per heavy atom. The second kappa shape index (κ2) is 5.57. The van der Waals surface area contributed by atoms with Gasteiger partial charge in [0.05, 0.1) is 29.3 Å². The molecule has 0 fully saturated rings. The summed E-state index contributed by atoms with van der Waals surface area (Å²) >= 11 is 0. The van der Waals surface area contributed by atoms with E-state index >= 15 is 0 Å². The van der Waals surface area contributed by atoms with Crippen molar-refractivity contribution in [1.82, 2.24) is 9.55 Å². The topological polar surface area (TPSA) is 81.4 Å². The lowest BCUT2D eigenvalue weighted by molar-refractivity contribution is 0.0697. The first-order chi connectivity index (χ1) is 11.0. The fourth-order valence-corrected chi connectivity index (χ4v) is 2.40. The number of ether oxygens (including phenoxy) is 1. The third-order valence-corrected chi connectivity index (χ3v) is 3.68. The molecule has 3 aromatic rings. The summed E-state index contributed by atoms with van der Waals surface area (Å²) in [5, 5.41) is 9.55. The van der Waals surface area contributed by atoms with Gasteiger partial charge in [-0.25, -0.2) is 9.78 Å². The van der Waals surface area contributed by atoms with Crippen LogP contribution in [0.1, 0.15) is 15.9 Å². The fourth-order valence-electron chi connectivity index (χ4n) is 2.40. The number of fused-ring (bicyclic) bond motifs is 1. The number of nitrogens with zero attached hydrogens (tertiary/aromatic N) is 2. The Labute approximate surface area is 131 Å². The molecule has 0 unspecified atom stereocenters. The molecule has 0 atom stereocenters. The van der Waals surface area contributed by atoms with Gasteiger partial charge in [0.2, 0.25) is 0 Å². The van der Waals surface area contributed by atoms with Crippen LogP contribution in [0, 0.1) is 6.92 Å². The molecule has 1 N–H and O–H groups in total. The summed E-state index contributed by atoms with van der Waals surface area (Å²) in [6, 6.07) is 9.70. The van der Waals surface area contributed by atoms with Gasteiger partial charge in [0.1, 0.15) is 12.1 Å². The number of aromatic nitrogens is 2. The maximum Gasteiger partial charge on any atom is 0.335 e. The predicted molar refractivity (Wildman–Crippen MR) is 85.6 cm³/mol. The number of carboxylic acids is 1. The molecule has 1 heterocycles. The molecule has 23 heavy (non-hydrogen) atoms. The zero-order valence-electron chi connectivity index (χ0n) is 12.6. The molecule has 1 aromatic heterocycles. The normalized spacial score (nSPS) is 10.7. The van der Waals surface area contributed by atoms with Gasteiger partial charge in [-0.1, -0.05) is 6.07 Å². The number of carbonyl (C=O) groups is 1. The highest BCUT2D eigenvalue weighted by atomic mass is 16.5. The lowest BCUT2D eigenvalue weighted by Gasteiger charge is -2.11. The molecule has 0 amide bonds. The van der Waals surface area contributed by atoms with Crippen molar-refractivity contribution in [2.45, 2.75) is 6.92 Å². The molecule has 116 valence electrons. The van der Waals surface area contributed by atoms with E-state index in [4.69, 9.17) is 9.84 Å². The van der Waals surface area contributed by atoms with Crippen LogP contribution in [0.15, 0.2) is 47.5 Å². The van der Waals surface area contributed by atoms with Crippen molar-refractivity contribution in [3.63, 3.8) is 0 Å². The highest BCUT2D eigenvalue weighted by Crippen LogP contribution is 2.19. The van der Waals surface area contributed by atoms with Crippen molar-refractivity contribution in [1.29, 1.82) is 0 Å². The van der Waals surface area contributed by atoms with E-state index in [1.807, 2.05) is 6.92 Å². The summed E-state index contributed by atoms with van der Waals surface area (Å²) in [7, 11) is 1.52. The van der Waals surface area contributed by atoms with Crippen LogP contribution < -0.4 is 10.3 Å². The average Bonchev–Trinajstić information content (AvgIpc) is 2.55. The number of aryl methyl sites for hydroxylation is 1. The van der Waals surface area contributed by atoms with E-state index in [0.717, 1.165) is 5.56 Å². The molecule has 3 rings (SSSR count). The highest BCUT2D eigenvalue weighted by Gasteiger charge is 2.11. The molecular formula is C17H14N2O4. The zero-order chi connectivity index (χ0) is 16.6. The Bertz CT molecular complexity index is 976. The van der Waals surface area contributed by atoms with Gasteiger partial charge in [-0.2, -0.15) is 0 Å². The van der Waals surface area contributed by atoms with E-state index in [-0.39, 0.29) is 11.1 Å². The van der Waals surface area contributed by atoms with E-state index in [1.165, 1.54) is 30.1 Å². The molecule has 0 bridgehead atoms. The van der Waals surface area contributed by atoms with E-state index in [2.05, 4.69) is 4.98 Å². The standard InChI is InChI=1S/C17H14N2O4/c1-10-3-4-11(17(21)22)7-15(10)19-9-18-14-6-5-12(23-2)8-13(14)16(19)20/h3-9H,1-2H3,(H,21,22). The van der Waals surface area contributed by atoms with Gasteiger partial charge in [0.25, 0.3) is 5.56 Å². The molecule has 6 heteroatoms. The molecule has 2 aromatic carbocycles. The van der Waals surface area contributed by atoms with Gasteiger partial charge in [-0.3, -0.25) is 9.36 Å². The second-order valence-electron chi connectivity index (χ2n) is 5.11. The molecule has 0 spiro atoms. The first-order valence-corrected chi connectivity index (χ1v) is 6.91. The van der Waals surface area contributed by atoms with Crippen LogP contribution in [0.25, 0.3) is 16.6 Å². The van der Waals surface area contributed by atoms with E-state index in [9.17, 15) is 9.59 Å². The Morgan fingerprint density at radius 1 is 1.22 bits per heavy atom. The number of benzene rings is 2. The summed E-state index contributed by atoms with van der Waals surface area (Å²) in [4.78, 5) is 28.2. The number of carboxylic acid groups (broad SMARTS) is 1. The summed E-state index contributed by atoms with van der Waals surface area (Å²) < 4.78 is 6.49. The molecular weight excluding hydrogens is 296 g/mol. The van der Waals surface area contributed by atoms with Crippen molar-refractivity contribution in [2.24, 2.45) is 0 Å². The molecule has 0 saturated heterocycles. The summed E-state index contributed by atoms with van der Waals surface area (Å²) in [6.07, 6.45) is 1.41. The predicted octanol–water partition coefficient (Wildman–Crippen LogP) is 2.40. The third kappa shape index (κ3) is 2.55. The van der Waals surface area contributed by atoms with Gasteiger partial charge in [-0.05, 0) is 42.8 Å². The lowest BCUT2D eigenvalue weighted by atomic mass is 10.1. The Hall–Kier alpha value is -3.15. The van der Waals surface area contributed by atoms with E-state index < -0.39 is 5.97 Å². The lowest BCUT2D eigenvalue weighted by Crippen LogP contribution is -2.20. The third-order valence-electron chi connectivity index (χ3n) is 3.68. The summed E-state index contributed by atoms with van der Waals surface area (Å²) in [5.41, 5.74) is 1.66. The van der Waals surface area contributed by atoms with Crippen LogP contribution >= 0.6 is 0 Å². The Kier molecular flexibility index (Phi) is 3.57. The number of aromatic carboxylic acids is 1. The first kappa shape index (κ1) is 14.8. The largest absolute Gasteiger partial charge is 0.497 e. The second-order valence-corrected chi connectivity index (χ2v) is 5.11. The van der Waals surface area contributed by atoms with Crippen LogP contribution in [0.4, 0.5) is 0 Å². The molecule has 0 saturated carbocycles. The number of methoxy groups -OCH3 is 1. The van der Waals surface area contributed by atoms with Crippen LogP contribution in [-0.4, -0.2) is 27.7 Å². The zero-order valence-corrected chi connectivity index (χ0v) is 12.6. The quantitative estimate of drug-likeness (QED) is 0.803. The van der Waals surface area contributed by atoms with Crippen LogP contribution in [0.5, 0.6) is 5.75 Å². The number of hydrogen-bond donors (Lipinski definition) is 1. The van der Waals surface area contributed by atoms with Gasteiger partial charge >= 0.3 is 5.97 Å². The van der Waals surface area contributed by atoms with Crippen LogP contribution in [-0.2, 0) is 0 Å². The molecule has 0 radical (unpaired) electrons. The minimum Gasteiger partial charge on any atom is -0.497 e. The average molecular weight is 310 g/mol. The highest BCUT2D eigenvalue weighted by molar-refractivity contribution is 5.88. The summed E-state index contributed by atoms with van der Waals surface area (Å²) in [6.45, 7) is 1.81.